The molecule has 0 radical (unpaired) electrons. The van der Waals surface area contributed by atoms with E-state index in [0.29, 0.717) is 0 Å². The minimum atomic E-state index is -1.13. The van der Waals surface area contributed by atoms with Crippen LogP contribution in [0.25, 0.3) is 0 Å². The van der Waals surface area contributed by atoms with Crippen LogP contribution in [0.4, 0.5) is 0 Å². The minimum Gasteiger partial charge on any atom is -0.480 e. The van der Waals surface area contributed by atoms with E-state index >= 15 is 0 Å². The highest BCUT2D eigenvalue weighted by Crippen LogP contribution is 2.27. The number of rotatable bonds is 8. The number of hydrogen-bond acceptors (Lipinski definition) is 3. The molecule has 0 unspecified atom stereocenters. The van der Waals surface area contributed by atoms with E-state index < -0.39 is 18.4 Å². The molecular formula is C19H20N2O4. The molecule has 0 saturated heterocycles. The molecule has 6 nitrogen and oxygen atoms in total. The number of benzene rings is 2. The van der Waals surface area contributed by atoms with Gasteiger partial charge in [-0.05, 0) is 11.1 Å². The van der Waals surface area contributed by atoms with Crippen molar-refractivity contribution in [2.75, 3.05) is 13.1 Å². The molecule has 2 rings (SSSR count). The van der Waals surface area contributed by atoms with Crippen LogP contribution in [-0.4, -0.2) is 36.0 Å². The van der Waals surface area contributed by atoms with Crippen molar-refractivity contribution in [2.24, 2.45) is 0 Å². The predicted molar refractivity (Wildman–Crippen MR) is 93.0 cm³/mol. The van der Waals surface area contributed by atoms with Crippen molar-refractivity contribution in [2.45, 2.75) is 12.3 Å². The fraction of sp³-hybridized carbons (Fsp3) is 0.211. The van der Waals surface area contributed by atoms with Gasteiger partial charge in [-0.1, -0.05) is 60.7 Å². The van der Waals surface area contributed by atoms with Gasteiger partial charge in [0.25, 0.3) is 0 Å². The van der Waals surface area contributed by atoms with Gasteiger partial charge in [-0.3, -0.25) is 14.4 Å². The Morgan fingerprint density at radius 3 is 1.72 bits per heavy atom. The van der Waals surface area contributed by atoms with Gasteiger partial charge in [0.1, 0.15) is 6.54 Å². The number of carbonyl (C=O) groups excluding carboxylic acids is 2. The Morgan fingerprint density at radius 2 is 1.24 bits per heavy atom. The number of aliphatic carboxylic acids is 1. The third kappa shape index (κ3) is 6.10. The molecule has 3 N–H and O–H groups in total. The van der Waals surface area contributed by atoms with Crippen molar-refractivity contribution < 1.29 is 19.5 Å². The summed E-state index contributed by atoms with van der Waals surface area (Å²) in [5, 5.41) is 13.2. The van der Waals surface area contributed by atoms with Gasteiger partial charge in [0, 0.05) is 12.3 Å². The molecule has 0 saturated carbocycles. The Labute approximate surface area is 145 Å². The number of amides is 2. The van der Waals surface area contributed by atoms with E-state index in [9.17, 15) is 14.4 Å². The van der Waals surface area contributed by atoms with Crippen LogP contribution in [0.3, 0.4) is 0 Å². The fourth-order valence-electron chi connectivity index (χ4n) is 2.47. The Morgan fingerprint density at radius 1 is 0.760 bits per heavy atom. The third-order valence-corrected chi connectivity index (χ3v) is 3.68. The summed E-state index contributed by atoms with van der Waals surface area (Å²) in [6.45, 7) is -0.715. The molecule has 0 atom stereocenters. The zero-order chi connectivity index (χ0) is 18.1. The third-order valence-electron chi connectivity index (χ3n) is 3.68. The highest BCUT2D eigenvalue weighted by atomic mass is 16.4. The molecule has 0 aliphatic heterocycles. The van der Waals surface area contributed by atoms with E-state index in [-0.39, 0.29) is 24.8 Å². The van der Waals surface area contributed by atoms with Crippen LogP contribution in [0.5, 0.6) is 0 Å². The Balaban J connectivity index is 1.99. The Bertz CT molecular complexity index is 677. The maximum atomic E-state index is 12.2. The molecule has 0 aromatic heterocycles. The predicted octanol–water partition coefficient (Wildman–Crippen LogP) is 1.53. The van der Waals surface area contributed by atoms with Crippen LogP contribution in [0.1, 0.15) is 23.5 Å². The Kier molecular flexibility index (Phi) is 6.71. The quantitative estimate of drug-likeness (QED) is 0.679. The molecule has 0 aliphatic carbocycles. The molecule has 0 heterocycles. The topological polar surface area (TPSA) is 95.5 Å². The van der Waals surface area contributed by atoms with Crippen LogP contribution in [0.15, 0.2) is 60.7 Å². The van der Waals surface area contributed by atoms with E-state index in [4.69, 9.17) is 5.11 Å². The average Bonchev–Trinajstić information content (AvgIpc) is 2.64. The first-order valence-electron chi connectivity index (χ1n) is 7.91. The second-order valence-corrected chi connectivity index (χ2v) is 5.53. The van der Waals surface area contributed by atoms with Crippen molar-refractivity contribution in [3.63, 3.8) is 0 Å². The lowest BCUT2D eigenvalue weighted by atomic mass is 9.88. The summed E-state index contributed by atoms with van der Waals surface area (Å²) >= 11 is 0. The molecule has 2 aromatic carbocycles. The lowest BCUT2D eigenvalue weighted by Crippen LogP contribution is -2.39. The highest BCUT2D eigenvalue weighted by Gasteiger charge is 2.18. The van der Waals surface area contributed by atoms with E-state index in [1.165, 1.54) is 0 Å². The first kappa shape index (κ1) is 18.2. The van der Waals surface area contributed by atoms with Gasteiger partial charge < -0.3 is 15.7 Å². The first-order valence-corrected chi connectivity index (χ1v) is 7.91. The van der Waals surface area contributed by atoms with Crippen LogP contribution >= 0.6 is 0 Å². The average molecular weight is 340 g/mol. The van der Waals surface area contributed by atoms with Crippen molar-refractivity contribution >= 4 is 17.8 Å². The van der Waals surface area contributed by atoms with Gasteiger partial charge >= 0.3 is 5.97 Å². The molecule has 0 aliphatic rings. The Hall–Kier alpha value is -3.15. The van der Waals surface area contributed by atoms with E-state index in [0.717, 1.165) is 11.1 Å². The van der Waals surface area contributed by atoms with Gasteiger partial charge in [0.15, 0.2) is 0 Å². The summed E-state index contributed by atoms with van der Waals surface area (Å²) < 4.78 is 0. The van der Waals surface area contributed by atoms with Crippen LogP contribution in [-0.2, 0) is 14.4 Å². The first-order chi connectivity index (χ1) is 12.1. The number of carboxylic acids is 1. The lowest BCUT2D eigenvalue weighted by Gasteiger charge is -2.17. The molecule has 2 amide bonds. The summed E-state index contributed by atoms with van der Waals surface area (Å²) in [5.41, 5.74) is 2.03. The lowest BCUT2D eigenvalue weighted by molar-refractivity contribution is -0.137. The van der Waals surface area contributed by atoms with Gasteiger partial charge in [-0.2, -0.15) is 0 Å². The smallest absolute Gasteiger partial charge is 0.322 e. The van der Waals surface area contributed by atoms with Gasteiger partial charge in [0.2, 0.25) is 11.8 Å². The summed E-state index contributed by atoms with van der Waals surface area (Å²) in [6, 6.07) is 19.4. The second-order valence-electron chi connectivity index (χ2n) is 5.53. The zero-order valence-corrected chi connectivity index (χ0v) is 13.6. The molecular weight excluding hydrogens is 320 g/mol. The molecule has 0 spiro atoms. The van der Waals surface area contributed by atoms with Gasteiger partial charge in [0.05, 0.1) is 6.54 Å². The monoisotopic (exact) mass is 340 g/mol. The van der Waals surface area contributed by atoms with Gasteiger partial charge in [-0.15, -0.1) is 0 Å². The number of hydrogen-bond donors (Lipinski definition) is 3. The van der Waals surface area contributed by atoms with Crippen LogP contribution < -0.4 is 10.6 Å². The van der Waals surface area contributed by atoms with Crippen molar-refractivity contribution in [1.82, 2.24) is 10.6 Å². The largest absolute Gasteiger partial charge is 0.480 e. The van der Waals surface area contributed by atoms with Crippen LogP contribution in [0, 0.1) is 0 Å². The SMILES string of the molecule is O=C(O)CNC(=O)CNC(=O)CC(c1ccccc1)c1ccccc1. The van der Waals surface area contributed by atoms with Gasteiger partial charge in [-0.25, -0.2) is 0 Å². The summed E-state index contributed by atoms with van der Waals surface area (Å²) in [7, 11) is 0. The fourth-order valence-corrected chi connectivity index (χ4v) is 2.47. The van der Waals surface area contributed by atoms with E-state index in [2.05, 4.69) is 10.6 Å². The maximum Gasteiger partial charge on any atom is 0.322 e. The second kappa shape index (κ2) is 9.22. The molecule has 2 aromatic rings. The number of carbonyl (C=O) groups is 3. The molecule has 25 heavy (non-hydrogen) atoms. The van der Waals surface area contributed by atoms with Crippen molar-refractivity contribution in [1.29, 1.82) is 0 Å². The summed E-state index contributed by atoms with van der Waals surface area (Å²) in [4.78, 5) is 34.1. The van der Waals surface area contributed by atoms with Crippen LogP contribution in [0.2, 0.25) is 0 Å². The zero-order valence-electron chi connectivity index (χ0n) is 13.6. The summed E-state index contributed by atoms with van der Waals surface area (Å²) in [5.74, 6) is -2.06. The standard InChI is InChI=1S/C19H20N2O4/c22-17(20-12-18(23)21-13-19(24)25)11-16(14-7-3-1-4-8-14)15-9-5-2-6-10-15/h1-10,16H,11-13H2,(H,20,22)(H,21,23)(H,24,25). The molecule has 6 heteroatoms. The summed E-state index contributed by atoms with van der Waals surface area (Å²) in [6.07, 6.45) is 0.195. The van der Waals surface area contributed by atoms with Crippen molar-refractivity contribution in [3.05, 3.63) is 71.8 Å². The van der Waals surface area contributed by atoms with E-state index in [1.807, 2.05) is 60.7 Å². The van der Waals surface area contributed by atoms with E-state index in [1.54, 1.807) is 0 Å². The number of carboxylic acid groups (broad SMARTS) is 1. The maximum absolute atomic E-state index is 12.2. The highest BCUT2D eigenvalue weighted by molar-refractivity contribution is 5.87. The minimum absolute atomic E-state index is 0.121. The normalized spacial score (nSPS) is 10.3. The van der Waals surface area contributed by atoms with Crippen molar-refractivity contribution in [3.8, 4) is 0 Å². The molecule has 130 valence electrons. The molecule has 0 fully saturated rings. The number of nitrogens with one attached hydrogen (secondary N) is 2. The molecule has 0 bridgehead atoms.